The summed E-state index contributed by atoms with van der Waals surface area (Å²) < 4.78 is 22.0. The lowest BCUT2D eigenvalue weighted by atomic mass is 10.1. The molecule has 0 saturated heterocycles. The van der Waals surface area contributed by atoms with Gasteiger partial charge < -0.3 is 18.4 Å². The number of rotatable bonds is 6. The molecule has 4 aromatic rings. The Morgan fingerprint density at radius 1 is 1.10 bits per heavy atom. The van der Waals surface area contributed by atoms with Crippen molar-refractivity contribution < 1.29 is 18.4 Å². The Morgan fingerprint density at radius 2 is 2.03 bits per heavy atom. The van der Waals surface area contributed by atoms with Crippen LogP contribution in [-0.2, 0) is 12.2 Å². The lowest BCUT2D eigenvalue weighted by molar-refractivity contribution is 0.357. The number of fused-ring (bicyclic) bond motifs is 1. The first-order valence-electron chi connectivity index (χ1n) is 8.98. The van der Waals surface area contributed by atoms with Crippen LogP contribution in [0, 0.1) is 0 Å². The molecule has 0 unspecified atom stereocenters. The van der Waals surface area contributed by atoms with Gasteiger partial charge in [0.25, 0.3) is 11.1 Å². The van der Waals surface area contributed by atoms with Crippen LogP contribution < -0.4 is 9.47 Å². The predicted octanol–water partition coefficient (Wildman–Crippen LogP) is 4.02. The smallest absolute Gasteiger partial charge is 0.277 e. The van der Waals surface area contributed by atoms with Crippen LogP contribution in [0.2, 0.25) is 0 Å². The van der Waals surface area contributed by atoms with E-state index in [1.807, 2.05) is 42.5 Å². The molecule has 0 saturated carbocycles. The van der Waals surface area contributed by atoms with Crippen LogP contribution in [0.5, 0.6) is 11.5 Å². The second-order valence-corrected chi connectivity index (χ2v) is 7.23. The average molecular weight is 408 g/mol. The summed E-state index contributed by atoms with van der Waals surface area (Å²) in [5.41, 5.74) is 2.79. The first-order chi connectivity index (χ1) is 14.3. The van der Waals surface area contributed by atoms with Crippen molar-refractivity contribution in [1.29, 1.82) is 0 Å². The van der Waals surface area contributed by atoms with Gasteiger partial charge in [0.2, 0.25) is 5.89 Å². The summed E-state index contributed by atoms with van der Waals surface area (Å²) in [6, 6.07) is 13.4. The van der Waals surface area contributed by atoms with Gasteiger partial charge in [0.15, 0.2) is 5.82 Å². The molecule has 0 amide bonds. The minimum atomic E-state index is 0.407. The summed E-state index contributed by atoms with van der Waals surface area (Å²) in [5, 5.41) is 12.7. The third kappa shape index (κ3) is 3.56. The zero-order valence-corrected chi connectivity index (χ0v) is 16.3. The normalized spacial score (nSPS) is 12.6. The Morgan fingerprint density at radius 3 is 2.97 bits per heavy atom. The quantitative estimate of drug-likeness (QED) is 0.438. The molecule has 5 rings (SSSR count). The van der Waals surface area contributed by atoms with E-state index in [1.54, 1.807) is 7.11 Å². The van der Waals surface area contributed by atoms with Gasteiger partial charge >= 0.3 is 0 Å². The fourth-order valence-corrected chi connectivity index (χ4v) is 3.68. The van der Waals surface area contributed by atoms with E-state index in [9.17, 15) is 0 Å². The van der Waals surface area contributed by atoms with E-state index in [0.29, 0.717) is 40.9 Å². The zero-order valence-electron chi connectivity index (χ0n) is 15.5. The van der Waals surface area contributed by atoms with Gasteiger partial charge in [-0.1, -0.05) is 29.1 Å². The van der Waals surface area contributed by atoms with E-state index in [-0.39, 0.29) is 0 Å². The molecular weight excluding hydrogens is 392 g/mol. The molecule has 9 heteroatoms. The molecule has 2 aromatic carbocycles. The molecule has 0 N–H and O–H groups in total. The van der Waals surface area contributed by atoms with E-state index in [0.717, 1.165) is 28.9 Å². The van der Waals surface area contributed by atoms with Crippen LogP contribution >= 0.6 is 11.8 Å². The maximum atomic E-state index is 5.77. The van der Waals surface area contributed by atoms with Gasteiger partial charge in [0, 0.05) is 12.0 Å². The molecule has 8 nitrogen and oxygen atoms in total. The summed E-state index contributed by atoms with van der Waals surface area (Å²) in [7, 11) is 1.60. The highest BCUT2D eigenvalue weighted by molar-refractivity contribution is 7.98. The van der Waals surface area contributed by atoms with E-state index >= 15 is 0 Å². The molecule has 0 aliphatic carbocycles. The highest BCUT2D eigenvalue weighted by atomic mass is 32.2. The predicted molar refractivity (Wildman–Crippen MR) is 105 cm³/mol. The van der Waals surface area contributed by atoms with Crippen LogP contribution in [-0.4, -0.2) is 34.1 Å². The summed E-state index contributed by atoms with van der Waals surface area (Å²) in [5.74, 6) is 3.46. The van der Waals surface area contributed by atoms with Crippen molar-refractivity contribution in [3.8, 4) is 34.4 Å². The lowest BCUT2D eigenvalue weighted by Crippen LogP contribution is -1.88. The average Bonchev–Trinajstić information content (AvgIpc) is 3.52. The molecular formula is C20H16N4O4S. The summed E-state index contributed by atoms with van der Waals surface area (Å²) in [4.78, 5) is 4.43. The Balaban J connectivity index is 1.28. The number of aromatic nitrogens is 4. The Labute approximate surface area is 170 Å². The molecule has 0 fully saturated rings. The van der Waals surface area contributed by atoms with E-state index in [4.69, 9.17) is 18.4 Å². The van der Waals surface area contributed by atoms with Crippen molar-refractivity contribution in [3.05, 3.63) is 53.9 Å². The first-order valence-corrected chi connectivity index (χ1v) is 9.97. The topological polar surface area (TPSA) is 96.3 Å². The minimum absolute atomic E-state index is 0.407. The molecule has 0 spiro atoms. The van der Waals surface area contributed by atoms with Crippen LogP contribution in [0.25, 0.3) is 22.9 Å². The monoisotopic (exact) mass is 408 g/mol. The third-order valence-corrected chi connectivity index (χ3v) is 5.29. The van der Waals surface area contributed by atoms with Crippen LogP contribution in [0.3, 0.4) is 0 Å². The van der Waals surface area contributed by atoms with Crippen LogP contribution in [0.4, 0.5) is 0 Å². The van der Waals surface area contributed by atoms with E-state index < -0.39 is 0 Å². The van der Waals surface area contributed by atoms with Crippen molar-refractivity contribution >= 4 is 11.8 Å². The van der Waals surface area contributed by atoms with Crippen molar-refractivity contribution in [2.45, 2.75) is 17.4 Å². The van der Waals surface area contributed by atoms with Crippen molar-refractivity contribution in [2.75, 3.05) is 13.7 Å². The second kappa shape index (κ2) is 7.59. The SMILES string of the molecule is COc1ccccc1-c1nc(CSc2nnc(-c3ccc4c(c3)CCO4)o2)no1. The van der Waals surface area contributed by atoms with Crippen molar-refractivity contribution in [3.63, 3.8) is 0 Å². The van der Waals surface area contributed by atoms with E-state index in [2.05, 4.69) is 20.3 Å². The number of benzene rings is 2. The maximum Gasteiger partial charge on any atom is 0.277 e. The molecule has 0 atom stereocenters. The molecule has 146 valence electrons. The largest absolute Gasteiger partial charge is 0.496 e. The molecule has 3 heterocycles. The van der Waals surface area contributed by atoms with Crippen molar-refractivity contribution in [1.82, 2.24) is 20.3 Å². The number of hydrogen-bond acceptors (Lipinski definition) is 9. The molecule has 29 heavy (non-hydrogen) atoms. The first kappa shape index (κ1) is 17.7. The summed E-state index contributed by atoms with van der Waals surface area (Å²) >= 11 is 1.35. The third-order valence-electron chi connectivity index (χ3n) is 4.47. The number of ether oxygens (including phenoxy) is 2. The van der Waals surface area contributed by atoms with Gasteiger partial charge in [-0.25, -0.2) is 0 Å². The van der Waals surface area contributed by atoms with Crippen LogP contribution in [0.1, 0.15) is 11.4 Å². The fraction of sp³-hybridized carbons (Fsp3) is 0.200. The summed E-state index contributed by atoms with van der Waals surface area (Å²) in [6.45, 7) is 0.714. The van der Waals surface area contributed by atoms with Crippen molar-refractivity contribution in [2.24, 2.45) is 0 Å². The number of methoxy groups -OCH3 is 1. The molecule has 0 radical (unpaired) electrons. The van der Waals surface area contributed by atoms with Gasteiger partial charge in [-0.2, -0.15) is 4.98 Å². The van der Waals surface area contributed by atoms with Gasteiger partial charge in [-0.05, 0) is 35.9 Å². The second-order valence-electron chi connectivity index (χ2n) is 6.30. The van der Waals surface area contributed by atoms with Gasteiger partial charge in [0.05, 0.1) is 25.0 Å². The Hall–Kier alpha value is -3.33. The van der Waals surface area contributed by atoms with E-state index in [1.165, 1.54) is 11.8 Å². The number of thioether (sulfide) groups is 1. The molecule has 2 aromatic heterocycles. The summed E-state index contributed by atoms with van der Waals surface area (Å²) in [6.07, 6.45) is 0.894. The van der Waals surface area contributed by atoms with Gasteiger partial charge in [-0.3, -0.25) is 0 Å². The Bertz CT molecular complexity index is 1160. The van der Waals surface area contributed by atoms with Crippen LogP contribution in [0.15, 0.2) is 56.6 Å². The highest BCUT2D eigenvalue weighted by Gasteiger charge is 2.17. The van der Waals surface area contributed by atoms with Gasteiger partial charge in [0.1, 0.15) is 11.5 Å². The van der Waals surface area contributed by atoms with Gasteiger partial charge in [-0.15, -0.1) is 10.2 Å². The molecule has 1 aliphatic rings. The highest BCUT2D eigenvalue weighted by Crippen LogP contribution is 2.32. The number of hydrogen-bond donors (Lipinski definition) is 0. The molecule has 1 aliphatic heterocycles. The minimum Gasteiger partial charge on any atom is -0.496 e. The number of nitrogens with zero attached hydrogens (tertiary/aromatic N) is 4. The molecule has 0 bridgehead atoms. The zero-order chi connectivity index (χ0) is 19.6. The fourth-order valence-electron chi connectivity index (χ4n) is 3.07. The Kier molecular flexibility index (Phi) is 4.65. The standard InChI is InChI=1S/C20H16N4O4S/c1-25-16-5-3-2-4-14(16)19-21-17(24-28-19)11-29-20-23-22-18(27-20)13-6-7-15-12(10-13)8-9-26-15/h2-7,10H,8-9,11H2,1H3. The number of para-hydroxylation sites is 1. The maximum absolute atomic E-state index is 5.77. The lowest BCUT2D eigenvalue weighted by Gasteiger charge is -2.02.